The molecule has 0 radical (unpaired) electrons. The predicted octanol–water partition coefficient (Wildman–Crippen LogP) is 1.65. The van der Waals surface area contributed by atoms with Crippen LogP contribution in [0.25, 0.3) is 0 Å². The van der Waals surface area contributed by atoms with Crippen LogP contribution in [0.5, 0.6) is 11.5 Å². The van der Waals surface area contributed by atoms with Crippen LogP contribution >= 0.6 is 0 Å². The molecule has 9 nitrogen and oxygen atoms in total. The summed E-state index contributed by atoms with van der Waals surface area (Å²) in [5.41, 5.74) is 1.24. The molecule has 0 unspecified atom stereocenters. The lowest BCUT2D eigenvalue weighted by atomic mass is 10.2. The maximum Gasteiger partial charge on any atom is 0.319 e. The highest BCUT2D eigenvalue weighted by Crippen LogP contribution is 2.34. The fourth-order valence-corrected chi connectivity index (χ4v) is 2.72. The summed E-state index contributed by atoms with van der Waals surface area (Å²) in [4.78, 5) is 23.1. The van der Waals surface area contributed by atoms with Gasteiger partial charge < -0.3 is 29.7 Å². The SMILES string of the molecule is COc1cccc(NC(=O)NCc2ccnc(N3CCOCC3)n2)c1OC. The van der Waals surface area contributed by atoms with Crippen LogP contribution in [0.4, 0.5) is 16.4 Å². The molecule has 1 aromatic heterocycles. The maximum absolute atomic E-state index is 12.3. The molecule has 0 saturated carbocycles. The number of benzene rings is 1. The Hall–Kier alpha value is -3.07. The number of ether oxygens (including phenoxy) is 3. The van der Waals surface area contributed by atoms with E-state index in [1.807, 2.05) is 0 Å². The van der Waals surface area contributed by atoms with E-state index in [2.05, 4.69) is 25.5 Å². The third-order valence-corrected chi connectivity index (χ3v) is 4.08. The second-order valence-electron chi connectivity index (χ2n) is 5.80. The standard InChI is InChI=1S/C18H23N5O4/c1-25-15-5-3-4-14(16(15)26-2)22-18(24)20-12-13-6-7-19-17(21-13)23-8-10-27-11-9-23/h3-7H,8-12H2,1-2H3,(H2,20,22,24). The minimum Gasteiger partial charge on any atom is -0.493 e. The summed E-state index contributed by atoms with van der Waals surface area (Å²) >= 11 is 0. The summed E-state index contributed by atoms with van der Waals surface area (Å²) in [5, 5.41) is 5.55. The van der Waals surface area contributed by atoms with Gasteiger partial charge in [-0.3, -0.25) is 0 Å². The number of methoxy groups -OCH3 is 2. The number of hydrogen-bond donors (Lipinski definition) is 2. The van der Waals surface area contributed by atoms with Gasteiger partial charge in [0, 0.05) is 19.3 Å². The summed E-state index contributed by atoms with van der Waals surface area (Å²) in [6.45, 7) is 3.12. The Morgan fingerprint density at radius 2 is 2.04 bits per heavy atom. The van der Waals surface area contributed by atoms with Crippen molar-refractivity contribution in [2.24, 2.45) is 0 Å². The molecule has 2 heterocycles. The molecule has 3 rings (SSSR count). The first-order chi connectivity index (χ1) is 13.2. The minimum absolute atomic E-state index is 0.276. The molecular weight excluding hydrogens is 350 g/mol. The Morgan fingerprint density at radius 3 is 2.78 bits per heavy atom. The summed E-state index contributed by atoms with van der Waals surface area (Å²) < 4.78 is 15.9. The smallest absolute Gasteiger partial charge is 0.319 e. The average Bonchev–Trinajstić information content (AvgIpc) is 2.73. The van der Waals surface area contributed by atoms with E-state index in [0.717, 1.165) is 18.8 Å². The molecule has 0 bridgehead atoms. The molecule has 2 amide bonds. The van der Waals surface area contributed by atoms with E-state index >= 15 is 0 Å². The van der Waals surface area contributed by atoms with Gasteiger partial charge in [-0.1, -0.05) is 6.07 Å². The van der Waals surface area contributed by atoms with Crippen LogP contribution in [0, 0.1) is 0 Å². The largest absolute Gasteiger partial charge is 0.493 e. The first-order valence-corrected chi connectivity index (χ1v) is 8.61. The molecular formula is C18H23N5O4. The van der Waals surface area contributed by atoms with Crippen molar-refractivity contribution < 1.29 is 19.0 Å². The first kappa shape index (κ1) is 18.7. The fraction of sp³-hybridized carbons (Fsp3) is 0.389. The van der Waals surface area contributed by atoms with Crippen LogP contribution in [-0.4, -0.2) is 56.5 Å². The van der Waals surface area contributed by atoms with Crippen LogP contribution < -0.4 is 25.0 Å². The molecule has 2 N–H and O–H groups in total. The zero-order valence-electron chi connectivity index (χ0n) is 15.4. The lowest BCUT2D eigenvalue weighted by Crippen LogP contribution is -2.37. The Balaban J connectivity index is 1.60. The molecule has 1 aliphatic rings. The number of anilines is 2. The number of rotatable bonds is 6. The summed E-state index contributed by atoms with van der Waals surface area (Å²) in [5.74, 6) is 1.65. The Bertz CT molecular complexity index is 780. The Labute approximate surface area is 157 Å². The topological polar surface area (TPSA) is 97.8 Å². The molecule has 0 spiro atoms. The molecule has 0 atom stereocenters. The second-order valence-corrected chi connectivity index (χ2v) is 5.80. The number of amides is 2. The van der Waals surface area contributed by atoms with E-state index in [4.69, 9.17) is 14.2 Å². The highest BCUT2D eigenvalue weighted by molar-refractivity contribution is 5.91. The number of nitrogens with zero attached hydrogens (tertiary/aromatic N) is 3. The van der Waals surface area contributed by atoms with Gasteiger partial charge in [0.2, 0.25) is 5.95 Å². The number of nitrogens with one attached hydrogen (secondary N) is 2. The van der Waals surface area contributed by atoms with E-state index in [-0.39, 0.29) is 12.6 Å². The third kappa shape index (κ3) is 4.76. The zero-order valence-corrected chi connectivity index (χ0v) is 15.4. The van der Waals surface area contributed by atoms with Crippen molar-refractivity contribution in [3.8, 4) is 11.5 Å². The molecule has 1 aliphatic heterocycles. The third-order valence-electron chi connectivity index (χ3n) is 4.08. The van der Waals surface area contributed by atoms with Gasteiger partial charge in [-0.15, -0.1) is 0 Å². The number of carbonyl (C=O) groups is 1. The van der Waals surface area contributed by atoms with E-state index < -0.39 is 0 Å². The van der Waals surface area contributed by atoms with E-state index in [0.29, 0.717) is 36.3 Å². The van der Waals surface area contributed by atoms with Gasteiger partial charge in [-0.25, -0.2) is 14.8 Å². The van der Waals surface area contributed by atoms with Crippen LogP contribution in [0.1, 0.15) is 5.69 Å². The minimum atomic E-state index is -0.368. The van der Waals surface area contributed by atoms with E-state index in [1.165, 1.54) is 7.11 Å². The van der Waals surface area contributed by atoms with Crippen molar-refractivity contribution in [1.29, 1.82) is 0 Å². The summed E-state index contributed by atoms with van der Waals surface area (Å²) in [6.07, 6.45) is 1.69. The van der Waals surface area contributed by atoms with Crippen molar-refractivity contribution in [2.75, 3.05) is 50.7 Å². The number of aromatic nitrogens is 2. The molecule has 9 heteroatoms. The van der Waals surface area contributed by atoms with Gasteiger partial charge in [0.05, 0.1) is 45.4 Å². The van der Waals surface area contributed by atoms with Crippen LogP contribution in [0.3, 0.4) is 0 Å². The van der Waals surface area contributed by atoms with Crippen molar-refractivity contribution >= 4 is 17.7 Å². The highest BCUT2D eigenvalue weighted by Gasteiger charge is 2.15. The number of morpholine rings is 1. The van der Waals surface area contributed by atoms with Gasteiger partial charge in [-0.05, 0) is 18.2 Å². The van der Waals surface area contributed by atoms with Crippen molar-refractivity contribution in [2.45, 2.75) is 6.54 Å². The molecule has 27 heavy (non-hydrogen) atoms. The van der Waals surface area contributed by atoms with Gasteiger partial charge in [0.25, 0.3) is 0 Å². The average molecular weight is 373 g/mol. The van der Waals surface area contributed by atoms with Gasteiger partial charge in [-0.2, -0.15) is 0 Å². The lowest BCUT2D eigenvalue weighted by molar-refractivity contribution is 0.122. The zero-order chi connectivity index (χ0) is 19.1. The lowest BCUT2D eigenvalue weighted by Gasteiger charge is -2.26. The van der Waals surface area contributed by atoms with Crippen molar-refractivity contribution in [3.63, 3.8) is 0 Å². The summed E-state index contributed by atoms with van der Waals surface area (Å²) in [6, 6.07) is 6.68. The van der Waals surface area contributed by atoms with Gasteiger partial charge in [0.1, 0.15) is 0 Å². The van der Waals surface area contributed by atoms with E-state index in [1.54, 1.807) is 37.6 Å². The monoisotopic (exact) mass is 373 g/mol. The van der Waals surface area contributed by atoms with Gasteiger partial charge in [0.15, 0.2) is 11.5 Å². The maximum atomic E-state index is 12.3. The number of carbonyl (C=O) groups excluding carboxylic acids is 1. The molecule has 1 saturated heterocycles. The number of para-hydroxylation sites is 1. The number of urea groups is 1. The molecule has 1 fully saturated rings. The number of hydrogen-bond acceptors (Lipinski definition) is 7. The van der Waals surface area contributed by atoms with Crippen molar-refractivity contribution in [3.05, 3.63) is 36.2 Å². The fourth-order valence-electron chi connectivity index (χ4n) is 2.72. The predicted molar refractivity (Wildman–Crippen MR) is 100 cm³/mol. The Kier molecular flexibility index (Phi) is 6.26. The molecule has 144 valence electrons. The van der Waals surface area contributed by atoms with Crippen molar-refractivity contribution in [1.82, 2.24) is 15.3 Å². The Morgan fingerprint density at radius 1 is 1.22 bits per heavy atom. The highest BCUT2D eigenvalue weighted by atomic mass is 16.5. The van der Waals surface area contributed by atoms with Crippen LogP contribution in [0.15, 0.2) is 30.5 Å². The summed E-state index contributed by atoms with van der Waals surface area (Å²) in [7, 11) is 3.07. The first-order valence-electron chi connectivity index (χ1n) is 8.61. The quantitative estimate of drug-likeness (QED) is 0.794. The van der Waals surface area contributed by atoms with E-state index in [9.17, 15) is 4.79 Å². The molecule has 2 aromatic rings. The second kappa shape index (κ2) is 9.04. The normalized spacial score (nSPS) is 13.8. The molecule has 1 aromatic carbocycles. The molecule has 0 aliphatic carbocycles. The van der Waals surface area contributed by atoms with Gasteiger partial charge >= 0.3 is 6.03 Å². The van der Waals surface area contributed by atoms with Crippen LogP contribution in [0.2, 0.25) is 0 Å². The van der Waals surface area contributed by atoms with Crippen LogP contribution in [-0.2, 0) is 11.3 Å².